The summed E-state index contributed by atoms with van der Waals surface area (Å²) in [6.07, 6.45) is 9.23. The Morgan fingerprint density at radius 2 is 2.00 bits per heavy atom. The van der Waals surface area contributed by atoms with Crippen molar-refractivity contribution in [3.05, 3.63) is 12.2 Å². The Labute approximate surface area is 95.3 Å². The van der Waals surface area contributed by atoms with Crippen molar-refractivity contribution >= 4 is 0 Å². The number of hydrogen-bond donors (Lipinski definition) is 1. The van der Waals surface area contributed by atoms with Crippen molar-refractivity contribution in [2.75, 3.05) is 0 Å². The van der Waals surface area contributed by atoms with Crippen molar-refractivity contribution in [2.45, 2.75) is 77.3 Å². The molecule has 0 spiro atoms. The molecule has 1 unspecified atom stereocenters. The maximum Gasteiger partial charge on any atom is 0.0390 e. The van der Waals surface area contributed by atoms with Gasteiger partial charge in [0.05, 0.1) is 0 Å². The molecule has 1 rings (SSSR count). The average Bonchev–Trinajstić information content (AvgIpc) is 2.64. The molecule has 0 radical (unpaired) electrons. The second-order valence-electron chi connectivity index (χ2n) is 5.26. The Kier molecular flexibility index (Phi) is 4.85. The second kappa shape index (κ2) is 5.69. The lowest BCUT2D eigenvalue weighted by Gasteiger charge is -2.34. The summed E-state index contributed by atoms with van der Waals surface area (Å²) in [5, 5.41) is 3.83. The number of hydrogen-bond acceptors (Lipinski definition) is 1. The average molecular weight is 209 g/mol. The third-order valence-electron chi connectivity index (χ3n) is 3.79. The van der Waals surface area contributed by atoms with Gasteiger partial charge in [0.2, 0.25) is 0 Å². The predicted octanol–water partition coefficient (Wildman–Crippen LogP) is 4.04. The molecule has 15 heavy (non-hydrogen) atoms. The van der Waals surface area contributed by atoms with Crippen LogP contribution in [0.4, 0.5) is 0 Å². The van der Waals surface area contributed by atoms with Crippen LogP contribution < -0.4 is 5.32 Å². The van der Waals surface area contributed by atoms with E-state index < -0.39 is 0 Å². The normalized spacial score (nSPS) is 21.5. The van der Waals surface area contributed by atoms with Gasteiger partial charge in [0.15, 0.2) is 0 Å². The smallest absolute Gasteiger partial charge is 0.0390 e. The van der Waals surface area contributed by atoms with E-state index in [0.29, 0.717) is 6.04 Å². The molecule has 1 heteroatoms. The topological polar surface area (TPSA) is 12.0 Å². The Balaban J connectivity index is 2.48. The fourth-order valence-electron chi connectivity index (χ4n) is 2.73. The Bertz CT molecular complexity index is 201. The third kappa shape index (κ3) is 3.34. The third-order valence-corrected chi connectivity index (χ3v) is 3.79. The zero-order valence-electron chi connectivity index (χ0n) is 10.7. The van der Waals surface area contributed by atoms with Crippen LogP contribution >= 0.6 is 0 Å². The molecule has 88 valence electrons. The molecule has 0 aromatic rings. The Hall–Kier alpha value is -0.300. The molecule has 0 saturated heterocycles. The van der Waals surface area contributed by atoms with E-state index in [1.807, 2.05) is 0 Å². The highest BCUT2D eigenvalue weighted by Gasteiger charge is 2.34. The molecule has 0 aromatic carbocycles. The highest BCUT2D eigenvalue weighted by atomic mass is 15.0. The molecular weight excluding hydrogens is 182 g/mol. The molecule has 1 aliphatic carbocycles. The Morgan fingerprint density at radius 1 is 1.40 bits per heavy atom. The van der Waals surface area contributed by atoms with Crippen LogP contribution in [0, 0.1) is 0 Å². The van der Waals surface area contributed by atoms with Gasteiger partial charge >= 0.3 is 0 Å². The molecule has 1 atom stereocenters. The minimum absolute atomic E-state index is 0.271. The van der Waals surface area contributed by atoms with Gasteiger partial charge in [-0.15, -0.1) is 0 Å². The van der Waals surface area contributed by atoms with Crippen molar-refractivity contribution < 1.29 is 0 Å². The number of nitrogens with one attached hydrogen (secondary N) is 1. The lowest BCUT2D eigenvalue weighted by atomic mass is 9.88. The van der Waals surface area contributed by atoms with Crippen LogP contribution in [-0.4, -0.2) is 11.6 Å². The van der Waals surface area contributed by atoms with Gasteiger partial charge in [0.1, 0.15) is 0 Å². The van der Waals surface area contributed by atoms with E-state index in [9.17, 15) is 0 Å². The van der Waals surface area contributed by atoms with E-state index in [-0.39, 0.29) is 5.54 Å². The number of unbranched alkanes of at least 4 members (excludes halogenated alkanes) is 1. The molecule has 1 N–H and O–H groups in total. The first-order valence-electron chi connectivity index (χ1n) is 6.54. The lowest BCUT2D eigenvalue weighted by Crippen LogP contribution is -2.48. The summed E-state index contributed by atoms with van der Waals surface area (Å²) in [4.78, 5) is 0. The monoisotopic (exact) mass is 209 g/mol. The van der Waals surface area contributed by atoms with E-state index in [2.05, 4.69) is 32.7 Å². The summed E-state index contributed by atoms with van der Waals surface area (Å²) in [7, 11) is 0. The zero-order valence-corrected chi connectivity index (χ0v) is 10.7. The van der Waals surface area contributed by atoms with Crippen molar-refractivity contribution in [3.8, 4) is 0 Å². The molecule has 1 nitrogen and oxygen atoms in total. The first-order valence-corrected chi connectivity index (χ1v) is 6.54. The van der Waals surface area contributed by atoms with Gasteiger partial charge in [-0.25, -0.2) is 0 Å². The van der Waals surface area contributed by atoms with Gasteiger partial charge in [-0.05, 0) is 33.1 Å². The summed E-state index contributed by atoms with van der Waals surface area (Å²) in [5.74, 6) is 0. The minimum atomic E-state index is 0.271. The standard InChI is InChI=1S/C14H27N/c1-5-6-9-13(4)15-14(12(2)3)10-7-8-11-14/h13,15H,2,5-11H2,1,3-4H3. The van der Waals surface area contributed by atoms with Gasteiger partial charge in [0, 0.05) is 11.6 Å². The summed E-state index contributed by atoms with van der Waals surface area (Å²) in [5.41, 5.74) is 1.61. The van der Waals surface area contributed by atoms with Gasteiger partial charge in [-0.3, -0.25) is 0 Å². The van der Waals surface area contributed by atoms with E-state index in [0.717, 1.165) is 0 Å². The molecule has 0 aliphatic heterocycles. The van der Waals surface area contributed by atoms with Crippen molar-refractivity contribution in [1.29, 1.82) is 0 Å². The quantitative estimate of drug-likeness (QED) is 0.651. The molecular formula is C14H27N. The van der Waals surface area contributed by atoms with Crippen LogP contribution in [-0.2, 0) is 0 Å². The van der Waals surface area contributed by atoms with Crippen LogP contribution in [0.5, 0.6) is 0 Å². The molecule has 1 aliphatic rings. The van der Waals surface area contributed by atoms with Crippen LogP contribution in [0.25, 0.3) is 0 Å². The van der Waals surface area contributed by atoms with Crippen LogP contribution in [0.1, 0.15) is 65.7 Å². The fourth-order valence-corrected chi connectivity index (χ4v) is 2.73. The van der Waals surface area contributed by atoms with E-state index in [1.165, 1.54) is 50.5 Å². The zero-order chi connectivity index (χ0) is 11.3. The lowest BCUT2D eigenvalue weighted by molar-refractivity contribution is 0.331. The highest BCUT2D eigenvalue weighted by molar-refractivity contribution is 5.17. The van der Waals surface area contributed by atoms with E-state index in [4.69, 9.17) is 0 Å². The van der Waals surface area contributed by atoms with Crippen molar-refractivity contribution in [1.82, 2.24) is 5.32 Å². The molecule has 1 fully saturated rings. The molecule has 0 bridgehead atoms. The largest absolute Gasteiger partial charge is 0.305 e. The van der Waals surface area contributed by atoms with Crippen LogP contribution in [0.3, 0.4) is 0 Å². The van der Waals surface area contributed by atoms with Gasteiger partial charge in [0.25, 0.3) is 0 Å². The van der Waals surface area contributed by atoms with Crippen molar-refractivity contribution in [2.24, 2.45) is 0 Å². The second-order valence-corrected chi connectivity index (χ2v) is 5.26. The molecule has 0 amide bonds. The maximum absolute atomic E-state index is 4.18. The highest BCUT2D eigenvalue weighted by Crippen LogP contribution is 2.35. The minimum Gasteiger partial charge on any atom is -0.305 e. The number of rotatable bonds is 6. The van der Waals surface area contributed by atoms with Gasteiger partial charge in [-0.1, -0.05) is 44.8 Å². The van der Waals surface area contributed by atoms with Crippen LogP contribution in [0.2, 0.25) is 0 Å². The first kappa shape index (κ1) is 12.8. The summed E-state index contributed by atoms with van der Waals surface area (Å²) in [6.45, 7) is 10.9. The predicted molar refractivity (Wildman–Crippen MR) is 68.1 cm³/mol. The van der Waals surface area contributed by atoms with Gasteiger partial charge < -0.3 is 5.32 Å². The maximum atomic E-state index is 4.18. The summed E-state index contributed by atoms with van der Waals surface area (Å²) < 4.78 is 0. The Morgan fingerprint density at radius 3 is 2.47 bits per heavy atom. The summed E-state index contributed by atoms with van der Waals surface area (Å²) in [6, 6.07) is 0.639. The van der Waals surface area contributed by atoms with E-state index >= 15 is 0 Å². The summed E-state index contributed by atoms with van der Waals surface area (Å²) >= 11 is 0. The SMILES string of the molecule is C=C(C)C1(NC(C)CCCC)CCCC1. The first-order chi connectivity index (χ1) is 7.10. The van der Waals surface area contributed by atoms with E-state index in [1.54, 1.807) is 0 Å². The van der Waals surface area contributed by atoms with Crippen molar-refractivity contribution in [3.63, 3.8) is 0 Å². The molecule has 0 aromatic heterocycles. The fraction of sp³-hybridized carbons (Fsp3) is 0.857. The molecule has 0 heterocycles. The van der Waals surface area contributed by atoms with Gasteiger partial charge in [-0.2, -0.15) is 0 Å². The molecule has 1 saturated carbocycles. The van der Waals surface area contributed by atoms with Crippen LogP contribution in [0.15, 0.2) is 12.2 Å².